The van der Waals surface area contributed by atoms with Crippen LogP contribution in [-0.2, 0) is 0 Å². The molecule has 0 aromatic heterocycles. The molecule has 0 radical (unpaired) electrons. The summed E-state index contributed by atoms with van der Waals surface area (Å²) < 4.78 is 0. The Kier molecular flexibility index (Phi) is 3.56. The summed E-state index contributed by atoms with van der Waals surface area (Å²) in [5.74, 6) is 0. The van der Waals surface area contributed by atoms with Crippen LogP contribution in [-0.4, -0.2) is 12.5 Å². The maximum Gasteiger partial charge on any atom is 0.0485 e. The summed E-state index contributed by atoms with van der Waals surface area (Å²) in [5, 5.41) is 0. The number of hydrogen-bond acceptors (Lipinski definition) is 3. The lowest BCUT2D eigenvalue weighted by molar-refractivity contribution is 1.18. The monoisotopic (exact) mass is 213 g/mol. The molecular weight excluding hydrogens is 198 g/mol. The molecule has 0 aliphatic carbocycles. The topological polar surface area (TPSA) is 26.0 Å². The quantitative estimate of drug-likeness (QED) is 0.603. The van der Waals surface area contributed by atoms with Gasteiger partial charge in [-0.25, -0.2) is 0 Å². The van der Waals surface area contributed by atoms with Gasteiger partial charge in [0.05, 0.1) is 0 Å². The smallest absolute Gasteiger partial charge is 0.0485 e. The average Bonchev–Trinajstić information content (AvgIpc) is 2.15. The van der Waals surface area contributed by atoms with E-state index in [9.17, 15) is 0 Å². The molecule has 0 aliphatic rings. The van der Waals surface area contributed by atoms with E-state index >= 15 is 0 Å². The molecule has 0 unspecified atom stereocenters. The van der Waals surface area contributed by atoms with Gasteiger partial charge in [-0.1, -0.05) is 0 Å². The molecule has 1 aromatic carbocycles. The Labute approximate surface area is 88.5 Å². The third-order valence-electron chi connectivity index (χ3n) is 2.30. The number of nitrogens with two attached hydrogens (primary N) is 1. The highest BCUT2D eigenvalue weighted by molar-refractivity contribution is 7.99. The molecule has 0 fully saturated rings. The predicted octanol–water partition coefficient (Wildman–Crippen LogP) is 3.33. The molecule has 0 spiro atoms. The van der Waals surface area contributed by atoms with Crippen LogP contribution >= 0.6 is 23.5 Å². The molecule has 13 heavy (non-hydrogen) atoms. The van der Waals surface area contributed by atoms with Crippen molar-refractivity contribution in [1.82, 2.24) is 0 Å². The van der Waals surface area contributed by atoms with Crippen LogP contribution in [0.3, 0.4) is 0 Å². The van der Waals surface area contributed by atoms with E-state index in [1.165, 1.54) is 20.9 Å². The van der Waals surface area contributed by atoms with E-state index in [0.29, 0.717) is 0 Å². The second-order valence-electron chi connectivity index (χ2n) is 2.94. The van der Waals surface area contributed by atoms with Gasteiger partial charge in [0.1, 0.15) is 0 Å². The fraction of sp³-hybridized carbons (Fsp3) is 0.400. The molecule has 0 amide bonds. The first-order chi connectivity index (χ1) is 6.11. The van der Waals surface area contributed by atoms with Crippen molar-refractivity contribution < 1.29 is 0 Å². The molecule has 0 bridgehead atoms. The normalized spacial score (nSPS) is 10.5. The lowest BCUT2D eigenvalue weighted by Crippen LogP contribution is -1.96. The summed E-state index contributed by atoms with van der Waals surface area (Å²) in [5.41, 5.74) is 9.45. The molecule has 72 valence electrons. The molecule has 0 aliphatic heterocycles. The van der Waals surface area contributed by atoms with Gasteiger partial charge in [0.15, 0.2) is 0 Å². The summed E-state index contributed by atoms with van der Waals surface area (Å²) in [6, 6.07) is 2.17. The molecule has 3 heteroatoms. The number of nitrogen functional groups attached to an aromatic ring is 1. The van der Waals surface area contributed by atoms with Crippen LogP contribution in [0.5, 0.6) is 0 Å². The van der Waals surface area contributed by atoms with Crippen LogP contribution in [0.25, 0.3) is 0 Å². The zero-order valence-electron chi connectivity index (χ0n) is 8.47. The van der Waals surface area contributed by atoms with E-state index in [2.05, 4.69) is 32.4 Å². The zero-order chi connectivity index (χ0) is 10.0. The molecule has 0 saturated heterocycles. The van der Waals surface area contributed by atoms with E-state index in [1.54, 1.807) is 23.5 Å². The van der Waals surface area contributed by atoms with Gasteiger partial charge in [-0.3, -0.25) is 0 Å². The summed E-state index contributed by atoms with van der Waals surface area (Å²) in [6.07, 6.45) is 4.16. The summed E-state index contributed by atoms with van der Waals surface area (Å²) >= 11 is 3.49. The third kappa shape index (κ3) is 1.97. The number of benzene rings is 1. The van der Waals surface area contributed by atoms with Crippen molar-refractivity contribution in [3.8, 4) is 0 Å². The Bertz CT molecular complexity index is 293. The van der Waals surface area contributed by atoms with E-state index in [1.807, 2.05) is 0 Å². The molecule has 1 aromatic rings. The van der Waals surface area contributed by atoms with Crippen molar-refractivity contribution >= 4 is 29.2 Å². The first-order valence-electron chi connectivity index (χ1n) is 4.09. The van der Waals surface area contributed by atoms with Gasteiger partial charge in [0, 0.05) is 15.5 Å². The average molecular weight is 213 g/mol. The lowest BCUT2D eigenvalue weighted by atomic mass is 10.1. The van der Waals surface area contributed by atoms with Gasteiger partial charge in [-0.05, 0) is 43.6 Å². The molecule has 0 atom stereocenters. The highest BCUT2D eigenvalue weighted by Crippen LogP contribution is 2.34. The van der Waals surface area contributed by atoms with Crippen molar-refractivity contribution in [3.05, 3.63) is 17.2 Å². The number of hydrogen-bond donors (Lipinski definition) is 1. The summed E-state index contributed by atoms with van der Waals surface area (Å²) in [7, 11) is 0. The van der Waals surface area contributed by atoms with Gasteiger partial charge in [-0.15, -0.1) is 23.5 Å². The standard InChI is InChI=1S/C10H15NS2/c1-6-7(2)10(11)9(13-4)5-8(6)12-3/h5H,11H2,1-4H3. The zero-order valence-corrected chi connectivity index (χ0v) is 10.1. The Morgan fingerprint density at radius 1 is 1.00 bits per heavy atom. The summed E-state index contributed by atoms with van der Waals surface area (Å²) in [4.78, 5) is 2.52. The first kappa shape index (κ1) is 10.8. The van der Waals surface area contributed by atoms with E-state index < -0.39 is 0 Å². The van der Waals surface area contributed by atoms with Crippen molar-refractivity contribution in [2.24, 2.45) is 0 Å². The minimum atomic E-state index is 0.933. The largest absolute Gasteiger partial charge is 0.398 e. The van der Waals surface area contributed by atoms with Crippen molar-refractivity contribution in [2.45, 2.75) is 23.6 Å². The van der Waals surface area contributed by atoms with Crippen molar-refractivity contribution in [3.63, 3.8) is 0 Å². The third-order valence-corrected chi connectivity index (χ3v) is 3.95. The van der Waals surface area contributed by atoms with Gasteiger partial charge in [-0.2, -0.15) is 0 Å². The van der Waals surface area contributed by atoms with Crippen molar-refractivity contribution in [1.29, 1.82) is 0 Å². The molecule has 2 N–H and O–H groups in total. The molecule has 0 heterocycles. The molecular formula is C10H15NS2. The Morgan fingerprint density at radius 2 is 1.54 bits per heavy atom. The second-order valence-corrected chi connectivity index (χ2v) is 4.64. The minimum absolute atomic E-state index is 0.933. The van der Waals surface area contributed by atoms with Gasteiger partial charge < -0.3 is 5.73 Å². The lowest BCUT2D eigenvalue weighted by Gasteiger charge is -2.12. The summed E-state index contributed by atoms with van der Waals surface area (Å²) in [6.45, 7) is 4.21. The highest BCUT2D eigenvalue weighted by atomic mass is 32.2. The van der Waals surface area contributed by atoms with Crippen LogP contribution < -0.4 is 5.73 Å². The van der Waals surface area contributed by atoms with Crippen LogP contribution in [0, 0.1) is 13.8 Å². The number of thioether (sulfide) groups is 2. The van der Waals surface area contributed by atoms with Crippen LogP contribution in [0.4, 0.5) is 5.69 Å². The SMILES string of the molecule is CSc1cc(SC)c(N)c(C)c1C. The Morgan fingerprint density at radius 3 is 2.00 bits per heavy atom. The first-order valence-corrected chi connectivity index (χ1v) is 6.54. The molecule has 1 rings (SSSR count). The predicted molar refractivity (Wildman–Crippen MR) is 63.9 cm³/mol. The fourth-order valence-corrected chi connectivity index (χ4v) is 2.64. The minimum Gasteiger partial charge on any atom is -0.398 e. The molecule has 0 saturated carbocycles. The maximum absolute atomic E-state index is 5.99. The van der Waals surface area contributed by atoms with Crippen LogP contribution in [0.15, 0.2) is 15.9 Å². The van der Waals surface area contributed by atoms with Crippen LogP contribution in [0.1, 0.15) is 11.1 Å². The van der Waals surface area contributed by atoms with E-state index in [0.717, 1.165) is 5.69 Å². The van der Waals surface area contributed by atoms with Gasteiger partial charge in [0.2, 0.25) is 0 Å². The van der Waals surface area contributed by atoms with Gasteiger partial charge in [0.25, 0.3) is 0 Å². The van der Waals surface area contributed by atoms with Crippen molar-refractivity contribution in [2.75, 3.05) is 18.2 Å². The Hall–Kier alpha value is -0.280. The maximum atomic E-state index is 5.99. The number of rotatable bonds is 2. The molecule has 1 nitrogen and oxygen atoms in total. The van der Waals surface area contributed by atoms with Crippen LogP contribution in [0.2, 0.25) is 0 Å². The second kappa shape index (κ2) is 4.29. The highest BCUT2D eigenvalue weighted by Gasteiger charge is 2.08. The fourth-order valence-electron chi connectivity index (χ4n) is 1.26. The van der Waals surface area contributed by atoms with E-state index in [-0.39, 0.29) is 0 Å². The van der Waals surface area contributed by atoms with Gasteiger partial charge >= 0.3 is 0 Å². The number of anilines is 1. The Balaban J connectivity index is 3.36. The van der Waals surface area contributed by atoms with E-state index in [4.69, 9.17) is 5.73 Å².